The van der Waals surface area contributed by atoms with Gasteiger partial charge >= 0.3 is 6.03 Å². The Balaban J connectivity index is 1.40. The smallest absolute Gasteiger partial charge is 0.321 e. The predicted octanol–water partition coefficient (Wildman–Crippen LogP) is 3.74. The zero-order valence-electron chi connectivity index (χ0n) is 18.5. The zero-order valence-corrected chi connectivity index (χ0v) is 19.2. The summed E-state index contributed by atoms with van der Waals surface area (Å²) in [5, 5.41) is 13.2. The minimum absolute atomic E-state index is 0.105. The van der Waals surface area contributed by atoms with E-state index in [1.54, 1.807) is 7.11 Å². The van der Waals surface area contributed by atoms with Crippen LogP contribution in [0.25, 0.3) is 16.6 Å². The Labute approximate surface area is 195 Å². The van der Waals surface area contributed by atoms with Crippen molar-refractivity contribution in [1.82, 2.24) is 24.5 Å². The molecule has 1 N–H and O–H groups in total. The summed E-state index contributed by atoms with van der Waals surface area (Å²) in [5.74, 6) is 1.39. The zero-order chi connectivity index (χ0) is 22.9. The molecule has 170 valence electrons. The van der Waals surface area contributed by atoms with E-state index in [1.165, 1.54) is 0 Å². The molecular formula is C23H24ClN7O2. The molecule has 1 fully saturated rings. The number of nitrogens with zero attached hydrogens (tertiary/aromatic N) is 6. The molecule has 0 atom stereocenters. The van der Waals surface area contributed by atoms with Gasteiger partial charge < -0.3 is 19.9 Å². The summed E-state index contributed by atoms with van der Waals surface area (Å²) in [4.78, 5) is 21.6. The van der Waals surface area contributed by atoms with Crippen molar-refractivity contribution in [3.05, 3.63) is 58.9 Å². The number of urea groups is 1. The number of benzene rings is 2. The van der Waals surface area contributed by atoms with E-state index in [-0.39, 0.29) is 6.03 Å². The second-order valence-electron chi connectivity index (χ2n) is 8.05. The lowest BCUT2D eigenvalue weighted by molar-refractivity contribution is 0.177. The summed E-state index contributed by atoms with van der Waals surface area (Å²) in [6, 6.07) is 13.2. The molecule has 0 saturated carbocycles. The van der Waals surface area contributed by atoms with Crippen molar-refractivity contribution in [2.75, 3.05) is 43.5 Å². The third-order valence-corrected chi connectivity index (χ3v) is 6.01. The highest BCUT2D eigenvalue weighted by Crippen LogP contribution is 2.27. The Morgan fingerprint density at radius 1 is 1.09 bits per heavy atom. The van der Waals surface area contributed by atoms with Gasteiger partial charge in [-0.15, -0.1) is 10.2 Å². The van der Waals surface area contributed by atoms with Gasteiger partial charge in [0.15, 0.2) is 11.5 Å². The average molecular weight is 466 g/mol. The topological polar surface area (TPSA) is 87.9 Å². The first-order valence-corrected chi connectivity index (χ1v) is 11.1. The molecule has 1 saturated heterocycles. The maximum absolute atomic E-state index is 12.7. The lowest BCUT2D eigenvalue weighted by atomic mass is 10.2. The van der Waals surface area contributed by atoms with Crippen LogP contribution in [-0.4, -0.2) is 63.8 Å². The van der Waals surface area contributed by atoms with Gasteiger partial charge in [0.05, 0.1) is 5.52 Å². The van der Waals surface area contributed by atoms with Gasteiger partial charge in [0.1, 0.15) is 6.61 Å². The summed E-state index contributed by atoms with van der Waals surface area (Å²) in [7, 11) is 1.63. The van der Waals surface area contributed by atoms with Crippen LogP contribution in [0.15, 0.2) is 42.5 Å². The van der Waals surface area contributed by atoms with Gasteiger partial charge in [-0.05, 0) is 37.3 Å². The summed E-state index contributed by atoms with van der Waals surface area (Å²) in [6.45, 7) is 4.71. The molecular weight excluding hydrogens is 442 g/mol. The molecule has 10 heteroatoms. The highest BCUT2D eigenvalue weighted by atomic mass is 35.5. The first-order valence-electron chi connectivity index (χ1n) is 10.7. The Hall–Kier alpha value is -3.43. The molecule has 3 heterocycles. The van der Waals surface area contributed by atoms with Gasteiger partial charge in [0.2, 0.25) is 5.95 Å². The molecule has 2 amide bonds. The van der Waals surface area contributed by atoms with Crippen LogP contribution in [0.4, 0.5) is 16.4 Å². The van der Waals surface area contributed by atoms with Gasteiger partial charge in [-0.2, -0.15) is 0 Å². The van der Waals surface area contributed by atoms with Crippen LogP contribution < -0.4 is 10.2 Å². The Morgan fingerprint density at radius 2 is 1.85 bits per heavy atom. The fraction of sp³-hybridized carbons (Fsp3) is 0.304. The van der Waals surface area contributed by atoms with Crippen molar-refractivity contribution in [2.45, 2.75) is 13.5 Å². The number of aryl methyl sites for hydroxylation is 1. The van der Waals surface area contributed by atoms with Crippen molar-refractivity contribution >= 4 is 45.8 Å². The third-order valence-electron chi connectivity index (χ3n) is 5.78. The Morgan fingerprint density at radius 3 is 2.58 bits per heavy atom. The lowest BCUT2D eigenvalue weighted by Crippen LogP contribution is -2.50. The number of carbonyl (C=O) groups is 1. The number of piperazine rings is 1. The van der Waals surface area contributed by atoms with Crippen LogP contribution in [0, 0.1) is 6.92 Å². The highest BCUT2D eigenvalue weighted by molar-refractivity contribution is 6.31. The number of carbonyl (C=O) groups excluding carboxylic acids is 1. The van der Waals surface area contributed by atoms with E-state index in [9.17, 15) is 4.79 Å². The van der Waals surface area contributed by atoms with Crippen LogP contribution in [0.3, 0.4) is 0 Å². The minimum atomic E-state index is -0.105. The fourth-order valence-corrected chi connectivity index (χ4v) is 4.20. The average Bonchev–Trinajstić information content (AvgIpc) is 3.24. The van der Waals surface area contributed by atoms with Gasteiger partial charge in [-0.3, -0.25) is 0 Å². The Bertz CT molecular complexity index is 1310. The van der Waals surface area contributed by atoms with Gasteiger partial charge in [-0.1, -0.05) is 29.3 Å². The second kappa shape index (κ2) is 8.84. The number of ether oxygens (including phenoxy) is 1. The standard InChI is InChI=1S/C23H24ClN7O2/c1-15-3-6-17(7-4-15)25-23(32)30-11-9-29(10-12-30)22-26-19-13-16(24)5-8-18(19)21-28-27-20(14-33-2)31(21)22/h3-8,13H,9-12,14H2,1-2H3,(H,25,32). The van der Waals surface area contributed by atoms with E-state index < -0.39 is 0 Å². The van der Waals surface area contributed by atoms with E-state index in [2.05, 4.69) is 20.4 Å². The minimum Gasteiger partial charge on any atom is -0.377 e. The fourth-order valence-electron chi connectivity index (χ4n) is 4.03. The molecule has 4 aromatic rings. The molecule has 0 aliphatic carbocycles. The van der Waals surface area contributed by atoms with E-state index in [4.69, 9.17) is 21.3 Å². The Kier molecular flexibility index (Phi) is 5.74. The van der Waals surface area contributed by atoms with Crippen molar-refractivity contribution < 1.29 is 9.53 Å². The largest absolute Gasteiger partial charge is 0.377 e. The molecule has 1 aliphatic rings. The summed E-state index contributed by atoms with van der Waals surface area (Å²) in [5.41, 5.74) is 3.40. The number of rotatable bonds is 4. The van der Waals surface area contributed by atoms with Crippen molar-refractivity contribution in [2.24, 2.45) is 0 Å². The molecule has 0 spiro atoms. The van der Waals surface area contributed by atoms with Crippen LogP contribution in [0.2, 0.25) is 5.02 Å². The molecule has 2 aromatic heterocycles. The highest BCUT2D eigenvalue weighted by Gasteiger charge is 2.25. The van der Waals surface area contributed by atoms with Gasteiger partial charge in [-0.25, -0.2) is 14.2 Å². The number of hydrogen-bond donors (Lipinski definition) is 1. The molecule has 2 aromatic carbocycles. The van der Waals surface area contributed by atoms with E-state index in [1.807, 2.05) is 58.7 Å². The quantitative estimate of drug-likeness (QED) is 0.494. The molecule has 0 bridgehead atoms. The number of methoxy groups -OCH3 is 1. The van der Waals surface area contributed by atoms with Gasteiger partial charge in [0, 0.05) is 49.4 Å². The monoisotopic (exact) mass is 465 g/mol. The van der Waals surface area contributed by atoms with E-state index in [0.29, 0.717) is 49.3 Å². The van der Waals surface area contributed by atoms with Crippen molar-refractivity contribution in [3.63, 3.8) is 0 Å². The van der Waals surface area contributed by atoms with E-state index in [0.717, 1.165) is 28.1 Å². The van der Waals surface area contributed by atoms with Gasteiger partial charge in [0.25, 0.3) is 0 Å². The summed E-state index contributed by atoms with van der Waals surface area (Å²) >= 11 is 6.22. The first kappa shape index (κ1) is 21.4. The van der Waals surface area contributed by atoms with Crippen LogP contribution in [0.1, 0.15) is 11.4 Å². The number of aromatic nitrogens is 4. The van der Waals surface area contributed by atoms with Crippen molar-refractivity contribution in [3.8, 4) is 0 Å². The second-order valence-corrected chi connectivity index (χ2v) is 8.49. The molecule has 0 unspecified atom stereocenters. The molecule has 33 heavy (non-hydrogen) atoms. The third kappa shape index (κ3) is 4.17. The lowest BCUT2D eigenvalue weighted by Gasteiger charge is -2.35. The number of hydrogen-bond acceptors (Lipinski definition) is 6. The van der Waals surface area contributed by atoms with Crippen LogP contribution in [-0.2, 0) is 11.3 Å². The van der Waals surface area contributed by atoms with Crippen LogP contribution >= 0.6 is 11.6 Å². The molecule has 1 aliphatic heterocycles. The first-order chi connectivity index (χ1) is 16.0. The molecule has 0 radical (unpaired) electrons. The molecule has 9 nitrogen and oxygen atoms in total. The number of amides is 2. The SMILES string of the molecule is COCc1nnc2c3ccc(Cl)cc3nc(N3CCN(C(=O)Nc4ccc(C)cc4)CC3)n12. The summed E-state index contributed by atoms with van der Waals surface area (Å²) < 4.78 is 7.26. The predicted molar refractivity (Wildman–Crippen MR) is 128 cm³/mol. The number of fused-ring (bicyclic) bond motifs is 3. The summed E-state index contributed by atoms with van der Waals surface area (Å²) in [6.07, 6.45) is 0. The maximum Gasteiger partial charge on any atom is 0.321 e. The number of anilines is 2. The molecule has 5 rings (SSSR count). The van der Waals surface area contributed by atoms with E-state index >= 15 is 0 Å². The number of nitrogens with one attached hydrogen (secondary N) is 1. The van der Waals surface area contributed by atoms with Crippen molar-refractivity contribution in [1.29, 1.82) is 0 Å². The number of halogens is 1. The maximum atomic E-state index is 12.7. The van der Waals surface area contributed by atoms with Crippen LogP contribution in [0.5, 0.6) is 0 Å². The normalized spacial score (nSPS) is 14.3.